The van der Waals surface area contributed by atoms with Gasteiger partial charge < -0.3 is 5.32 Å². The van der Waals surface area contributed by atoms with Crippen molar-refractivity contribution in [3.63, 3.8) is 0 Å². The number of anilines is 1. The lowest BCUT2D eigenvalue weighted by Crippen LogP contribution is -2.21. The van der Waals surface area contributed by atoms with Gasteiger partial charge in [-0.25, -0.2) is 4.98 Å². The zero-order valence-electron chi connectivity index (χ0n) is 15.9. The van der Waals surface area contributed by atoms with Crippen LogP contribution in [-0.4, -0.2) is 30.5 Å². The van der Waals surface area contributed by atoms with E-state index < -0.39 is 17.8 Å². The number of alkyl halides is 3. The number of nitrogens with one attached hydrogen (secondary N) is 1. The molecule has 0 unspecified atom stereocenters. The lowest BCUT2D eigenvalue weighted by molar-refractivity contribution is -0.142. The molecular formula is C18H19F3N6OS. The van der Waals surface area contributed by atoms with Crippen LogP contribution in [0.1, 0.15) is 36.0 Å². The molecule has 0 saturated carbocycles. The number of carbonyl (C=O) groups excluding carboxylic acids is 1. The van der Waals surface area contributed by atoms with Crippen LogP contribution in [-0.2, 0) is 36.9 Å². The van der Waals surface area contributed by atoms with Crippen molar-refractivity contribution >= 4 is 22.4 Å². The van der Waals surface area contributed by atoms with Crippen LogP contribution >= 0.6 is 11.3 Å². The number of hydrogen-bond donors (Lipinski definition) is 1. The molecule has 3 aromatic heterocycles. The van der Waals surface area contributed by atoms with Crippen LogP contribution in [0.4, 0.5) is 18.3 Å². The van der Waals surface area contributed by atoms with Crippen molar-refractivity contribution in [2.45, 2.75) is 52.4 Å². The smallest absolute Gasteiger partial charge is 0.300 e. The predicted molar refractivity (Wildman–Crippen MR) is 102 cm³/mol. The third-order valence-corrected chi connectivity index (χ3v) is 5.76. The molecule has 154 valence electrons. The van der Waals surface area contributed by atoms with Crippen LogP contribution in [0.5, 0.6) is 0 Å². The van der Waals surface area contributed by atoms with Crippen LogP contribution in [0.2, 0.25) is 0 Å². The van der Waals surface area contributed by atoms with Crippen LogP contribution < -0.4 is 5.32 Å². The average molecular weight is 424 g/mol. The van der Waals surface area contributed by atoms with Crippen LogP contribution in [0, 0.1) is 6.92 Å². The quantitative estimate of drug-likeness (QED) is 0.678. The third-order valence-electron chi connectivity index (χ3n) is 5.00. The molecule has 4 rings (SSSR count). The van der Waals surface area contributed by atoms with Crippen molar-refractivity contribution in [1.29, 1.82) is 0 Å². The van der Waals surface area contributed by atoms with Crippen molar-refractivity contribution in [3.8, 4) is 11.3 Å². The fourth-order valence-corrected chi connectivity index (χ4v) is 4.36. The van der Waals surface area contributed by atoms with Crippen molar-refractivity contribution in [2.75, 3.05) is 5.32 Å². The Morgan fingerprint density at radius 3 is 2.79 bits per heavy atom. The zero-order valence-corrected chi connectivity index (χ0v) is 16.7. The first-order valence-corrected chi connectivity index (χ1v) is 10.1. The van der Waals surface area contributed by atoms with Gasteiger partial charge in [-0.05, 0) is 33.1 Å². The number of amides is 1. The van der Waals surface area contributed by atoms with E-state index in [-0.39, 0.29) is 12.1 Å². The van der Waals surface area contributed by atoms with Gasteiger partial charge in [0.2, 0.25) is 5.91 Å². The Kier molecular flexibility index (Phi) is 4.93. The molecule has 0 saturated heterocycles. The minimum absolute atomic E-state index is 0.213. The molecule has 1 amide bonds. The normalized spacial score (nSPS) is 13.7. The molecule has 29 heavy (non-hydrogen) atoms. The second kappa shape index (κ2) is 7.29. The summed E-state index contributed by atoms with van der Waals surface area (Å²) in [5.74, 6) is -0.460. The van der Waals surface area contributed by atoms with Crippen molar-refractivity contribution in [1.82, 2.24) is 24.5 Å². The van der Waals surface area contributed by atoms with E-state index in [1.807, 2.05) is 23.9 Å². The number of fused-ring (bicyclic) bond motifs is 1. The van der Waals surface area contributed by atoms with Gasteiger partial charge in [0.1, 0.15) is 6.54 Å². The van der Waals surface area contributed by atoms with Crippen LogP contribution in [0.3, 0.4) is 0 Å². The lowest BCUT2D eigenvalue weighted by atomic mass is 10.2. The number of aromatic nitrogens is 5. The molecule has 0 aromatic carbocycles. The standard InChI is InChI=1S/C18H19F3N6OS/c1-3-26-10(2)12(7-22-26)13-9-29-17(23-13)24-15(28)8-27-14-6-4-5-11(14)16(25-27)18(19,20)21/h7,9H,3-6,8H2,1-2H3,(H,23,24,28). The molecule has 0 spiro atoms. The Bertz CT molecular complexity index is 1060. The first-order chi connectivity index (χ1) is 13.8. The summed E-state index contributed by atoms with van der Waals surface area (Å²) in [5.41, 5.74) is 2.38. The molecule has 3 aromatic rings. The Hall–Kier alpha value is -2.69. The van der Waals surface area contributed by atoms with Crippen LogP contribution in [0.25, 0.3) is 11.3 Å². The minimum Gasteiger partial charge on any atom is -0.300 e. The highest BCUT2D eigenvalue weighted by Crippen LogP contribution is 2.36. The predicted octanol–water partition coefficient (Wildman–Crippen LogP) is 3.68. The molecule has 0 aliphatic heterocycles. The fourth-order valence-electron chi connectivity index (χ4n) is 3.63. The van der Waals surface area contributed by atoms with E-state index in [4.69, 9.17) is 0 Å². The summed E-state index contributed by atoms with van der Waals surface area (Å²) in [4.78, 5) is 16.8. The molecule has 1 aliphatic carbocycles. The molecule has 0 radical (unpaired) electrons. The number of carbonyl (C=O) groups is 1. The Balaban J connectivity index is 1.49. The van der Waals surface area contributed by atoms with E-state index in [0.717, 1.165) is 17.8 Å². The van der Waals surface area contributed by atoms with Crippen molar-refractivity contribution in [2.24, 2.45) is 0 Å². The first-order valence-electron chi connectivity index (χ1n) is 9.21. The second-order valence-corrected chi connectivity index (χ2v) is 7.69. The van der Waals surface area contributed by atoms with Gasteiger partial charge in [-0.2, -0.15) is 23.4 Å². The van der Waals surface area contributed by atoms with E-state index in [0.29, 0.717) is 35.8 Å². The summed E-state index contributed by atoms with van der Waals surface area (Å²) in [7, 11) is 0. The molecule has 3 heterocycles. The summed E-state index contributed by atoms with van der Waals surface area (Å²) >= 11 is 1.25. The summed E-state index contributed by atoms with van der Waals surface area (Å²) < 4.78 is 42.5. The zero-order chi connectivity index (χ0) is 20.8. The van der Waals surface area contributed by atoms with Gasteiger partial charge in [0.15, 0.2) is 10.8 Å². The summed E-state index contributed by atoms with van der Waals surface area (Å²) in [6, 6.07) is 0. The number of thiazole rings is 1. The Morgan fingerprint density at radius 1 is 1.31 bits per heavy atom. The van der Waals surface area contributed by atoms with E-state index in [1.165, 1.54) is 16.0 Å². The maximum Gasteiger partial charge on any atom is 0.435 e. The molecule has 1 aliphatic rings. The van der Waals surface area contributed by atoms with E-state index >= 15 is 0 Å². The summed E-state index contributed by atoms with van der Waals surface area (Å²) in [6.45, 7) is 4.40. The van der Waals surface area contributed by atoms with Gasteiger partial charge in [-0.15, -0.1) is 11.3 Å². The van der Waals surface area contributed by atoms with Crippen molar-refractivity contribution in [3.05, 3.63) is 34.2 Å². The molecule has 0 atom stereocenters. The second-order valence-electron chi connectivity index (χ2n) is 6.83. The molecule has 0 bridgehead atoms. The topological polar surface area (TPSA) is 77.6 Å². The highest BCUT2D eigenvalue weighted by molar-refractivity contribution is 7.14. The minimum atomic E-state index is -4.51. The number of nitrogens with zero attached hydrogens (tertiary/aromatic N) is 5. The van der Waals surface area contributed by atoms with Crippen molar-refractivity contribution < 1.29 is 18.0 Å². The maximum absolute atomic E-state index is 13.2. The fraction of sp³-hybridized carbons (Fsp3) is 0.444. The van der Waals surface area contributed by atoms with Gasteiger partial charge in [0.25, 0.3) is 0 Å². The van der Waals surface area contributed by atoms with E-state index in [9.17, 15) is 18.0 Å². The number of aryl methyl sites for hydroxylation is 1. The summed E-state index contributed by atoms with van der Waals surface area (Å²) in [6.07, 6.45) is -1.31. The molecule has 11 heteroatoms. The van der Waals surface area contributed by atoms with E-state index in [1.54, 1.807) is 6.20 Å². The number of hydrogen-bond acceptors (Lipinski definition) is 5. The monoisotopic (exact) mass is 424 g/mol. The SMILES string of the molecule is CCn1ncc(-c2csc(NC(=O)Cn3nc(C(F)(F)F)c4c3CCC4)n2)c1C. The van der Waals surface area contributed by atoms with Crippen LogP contribution in [0.15, 0.2) is 11.6 Å². The largest absolute Gasteiger partial charge is 0.435 e. The van der Waals surface area contributed by atoms with Gasteiger partial charge in [-0.1, -0.05) is 0 Å². The Morgan fingerprint density at radius 2 is 2.10 bits per heavy atom. The van der Waals surface area contributed by atoms with Gasteiger partial charge in [0, 0.05) is 34.4 Å². The molecule has 7 nitrogen and oxygen atoms in total. The number of rotatable bonds is 5. The lowest BCUT2D eigenvalue weighted by Gasteiger charge is -2.06. The van der Waals surface area contributed by atoms with E-state index in [2.05, 4.69) is 20.5 Å². The molecule has 1 N–H and O–H groups in total. The van der Waals surface area contributed by atoms with Gasteiger partial charge >= 0.3 is 6.18 Å². The molecule has 0 fully saturated rings. The van der Waals surface area contributed by atoms with Gasteiger partial charge in [-0.3, -0.25) is 14.2 Å². The number of halogens is 3. The highest BCUT2D eigenvalue weighted by atomic mass is 32.1. The third kappa shape index (κ3) is 3.66. The first kappa shape index (κ1) is 19.6. The maximum atomic E-state index is 13.2. The summed E-state index contributed by atoms with van der Waals surface area (Å²) in [5, 5.41) is 12.8. The highest BCUT2D eigenvalue weighted by Gasteiger charge is 2.40. The Labute approximate surface area is 168 Å². The molecular weight excluding hydrogens is 405 g/mol. The van der Waals surface area contributed by atoms with Gasteiger partial charge in [0.05, 0.1) is 11.9 Å². The average Bonchev–Trinajstić information content (AvgIpc) is 3.39.